The van der Waals surface area contributed by atoms with Crippen LogP contribution < -0.4 is 4.74 Å². The van der Waals surface area contributed by atoms with Crippen molar-refractivity contribution in [3.8, 4) is 11.8 Å². The smallest absolute Gasteiger partial charge is 0.129 e. The Morgan fingerprint density at radius 1 is 0.897 bits per heavy atom. The van der Waals surface area contributed by atoms with Crippen LogP contribution in [0.1, 0.15) is 28.7 Å². The van der Waals surface area contributed by atoms with Gasteiger partial charge in [0.15, 0.2) is 0 Å². The number of aryl methyl sites for hydroxylation is 1. The summed E-state index contributed by atoms with van der Waals surface area (Å²) in [6, 6.07) is 27.9. The van der Waals surface area contributed by atoms with Crippen LogP contribution in [0.25, 0.3) is 5.57 Å². The molecular weight excluding hydrogens is 360 g/mol. The van der Waals surface area contributed by atoms with E-state index in [1.54, 1.807) is 0 Å². The fourth-order valence-electron chi connectivity index (χ4n) is 3.64. The Labute approximate surface area is 170 Å². The summed E-state index contributed by atoms with van der Waals surface area (Å²) in [7, 11) is 0. The second-order valence-corrected chi connectivity index (χ2v) is 6.82. The largest absolute Gasteiger partial charge is 0.494 e. The molecule has 3 aromatic rings. The van der Waals surface area contributed by atoms with E-state index in [0.717, 1.165) is 29.5 Å². The van der Waals surface area contributed by atoms with Crippen LogP contribution in [0, 0.1) is 11.3 Å². The van der Waals surface area contributed by atoms with Crippen LogP contribution in [0.3, 0.4) is 0 Å². The van der Waals surface area contributed by atoms with E-state index in [4.69, 9.17) is 4.74 Å². The molecule has 0 saturated carbocycles. The molecule has 0 aliphatic heterocycles. The maximum atomic E-state index is 9.69. The minimum Gasteiger partial charge on any atom is -0.494 e. The number of allylic oxidation sites excluding steroid dienone is 1. The molecule has 0 amide bonds. The first-order valence-corrected chi connectivity index (χ1v) is 9.55. The topological polar surface area (TPSA) is 65.6 Å². The first kappa shape index (κ1) is 18.5. The van der Waals surface area contributed by atoms with E-state index in [1.165, 1.54) is 5.56 Å². The van der Waals surface area contributed by atoms with Gasteiger partial charge >= 0.3 is 0 Å². The van der Waals surface area contributed by atoms with E-state index in [0.29, 0.717) is 23.5 Å². The molecule has 1 N–H and O–H groups in total. The summed E-state index contributed by atoms with van der Waals surface area (Å²) in [6.45, 7) is 0.587. The molecule has 3 aromatic carbocycles. The third-order valence-corrected chi connectivity index (χ3v) is 5.00. The standard InChI is InChI=1S/C25H20N2O2/c26-17-23-24(19-11-5-2-6-12-19)21-14-13-20(16-22(21)25(23)27-28)29-15-7-10-18-8-3-1-4-9-18/h1-6,8-9,11-14,16,28H,7,10,15H2/b27-25+. The van der Waals surface area contributed by atoms with Gasteiger partial charge in [-0.25, -0.2) is 0 Å². The van der Waals surface area contributed by atoms with E-state index in [2.05, 4.69) is 23.4 Å². The minimum absolute atomic E-state index is 0.288. The zero-order chi connectivity index (χ0) is 20.1. The molecule has 4 heteroatoms. The Kier molecular flexibility index (Phi) is 5.40. The summed E-state index contributed by atoms with van der Waals surface area (Å²) in [5.74, 6) is 0.699. The van der Waals surface area contributed by atoms with E-state index in [-0.39, 0.29) is 5.71 Å². The van der Waals surface area contributed by atoms with Crippen LogP contribution in [0.2, 0.25) is 0 Å². The number of hydrogen-bond acceptors (Lipinski definition) is 4. The van der Waals surface area contributed by atoms with E-state index >= 15 is 0 Å². The van der Waals surface area contributed by atoms with Gasteiger partial charge in [0, 0.05) is 11.1 Å². The highest BCUT2D eigenvalue weighted by molar-refractivity contribution is 6.27. The van der Waals surface area contributed by atoms with Gasteiger partial charge in [-0.1, -0.05) is 65.8 Å². The average molecular weight is 380 g/mol. The molecule has 0 aromatic heterocycles. The summed E-state index contributed by atoms with van der Waals surface area (Å²) >= 11 is 0. The number of rotatable bonds is 6. The normalized spacial score (nSPS) is 14.0. The molecule has 0 atom stereocenters. The summed E-state index contributed by atoms with van der Waals surface area (Å²) < 4.78 is 5.92. The number of fused-ring (bicyclic) bond motifs is 1. The molecular formula is C25H20N2O2. The Bertz CT molecular complexity index is 1110. The lowest BCUT2D eigenvalue weighted by Crippen LogP contribution is -2.02. The maximum absolute atomic E-state index is 9.69. The van der Waals surface area contributed by atoms with Gasteiger partial charge in [0.2, 0.25) is 0 Å². The second-order valence-electron chi connectivity index (χ2n) is 6.82. The molecule has 1 aliphatic carbocycles. The second kappa shape index (κ2) is 8.45. The molecule has 0 bridgehead atoms. The fraction of sp³-hybridized carbons (Fsp3) is 0.120. The van der Waals surface area contributed by atoms with Crippen molar-refractivity contribution in [1.82, 2.24) is 0 Å². The number of hydrogen-bond donors (Lipinski definition) is 1. The fourth-order valence-corrected chi connectivity index (χ4v) is 3.64. The van der Waals surface area contributed by atoms with Gasteiger partial charge in [-0.3, -0.25) is 0 Å². The number of oxime groups is 1. The van der Waals surface area contributed by atoms with E-state index in [9.17, 15) is 10.5 Å². The molecule has 0 radical (unpaired) electrons. The number of nitrogens with zero attached hydrogens (tertiary/aromatic N) is 2. The predicted octanol–water partition coefficient (Wildman–Crippen LogP) is 5.22. The van der Waals surface area contributed by atoms with Crippen LogP contribution in [-0.2, 0) is 6.42 Å². The molecule has 142 valence electrons. The first-order chi connectivity index (χ1) is 14.3. The van der Waals surface area contributed by atoms with Crippen molar-refractivity contribution in [2.45, 2.75) is 12.8 Å². The van der Waals surface area contributed by atoms with Crippen LogP contribution in [0.5, 0.6) is 5.75 Å². The average Bonchev–Trinajstić information content (AvgIpc) is 3.10. The molecule has 29 heavy (non-hydrogen) atoms. The minimum atomic E-state index is 0.288. The summed E-state index contributed by atoms with van der Waals surface area (Å²) in [4.78, 5) is 0. The molecule has 0 spiro atoms. The van der Waals surface area contributed by atoms with Crippen molar-refractivity contribution in [1.29, 1.82) is 5.26 Å². The lowest BCUT2D eigenvalue weighted by atomic mass is 9.98. The van der Waals surface area contributed by atoms with Crippen LogP contribution >= 0.6 is 0 Å². The van der Waals surface area contributed by atoms with Crippen LogP contribution in [-0.4, -0.2) is 17.5 Å². The number of nitriles is 1. The lowest BCUT2D eigenvalue weighted by molar-refractivity contribution is 0.310. The van der Waals surface area contributed by atoms with Crippen molar-refractivity contribution in [2.75, 3.05) is 6.61 Å². The summed E-state index contributed by atoms with van der Waals surface area (Å²) in [5.41, 5.74) is 5.23. The van der Waals surface area contributed by atoms with Crippen molar-refractivity contribution >= 4 is 11.3 Å². The Balaban J connectivity index is 1.54. The zero-order valence-electron chi connectivity index (χ0n) is 15.9. The Morgan fingerprint density at radius 2 is 1.62 bits per heavy atom. The lowest BCUT2D eigenvalue weighted by Gasteiger charge is -2.10. The molecule has 0 saturated heterocycles. The van der Waals surface area contributed by atoms with Crippen molar-refractivity contribution in [3.63, 3.8) is 0 Å². The van der Waals surface area contributed by atoms with Gasteiger partial charge in [0.1, 0.15) is 17.5 Å². The molecule has 4 nitrogen and oxygen atoms in total. The SMILES string of the molecule is N#CC1=C(c2ccccc2)c2ccc(OCCCc3ccccc3)cc2/C1=N\O. The van der Waals surface area contributed by atoms with Gasteiger partial charge in [-0.15, -0.1) is 0 Å². The van der Waals surface area contributed by atoms with Crippen LogP contribution in [0.15, 0.2) is 89.6 Å². The van der Waals surface area contributed by atoms with Gasteiger partial charge in [-0.2, -0.15) is 5.26 Å². The molecule has 4 rings (SSSR count). The monoisotopic (exact) mass is 380 g/mol. The quantitative estimate of drug-likeness (QED) is 0.362. The number of benzene rings is 3. The van der Waals surface area contributed by atoms with Gasteiger partial charge in [0.05, 0.1) is 12.2 Å². The predicted molar refractivity (Wildman–Crippen MR) is 113 cm³/mol. The first-order valence-electron chi connectivity index (χ1n) is 9.55. The van der Waals surface area contributed by atoms with Crippen LogP contribution in [0.4, 0.5) is 0 Å². The van der Waals surface area contributed by atoms with Crippen molar-refractivity contribution in [3.05, 3.63) is 107 Å². The Morgan fingerprint density at radius 3 is 2.31 bits per heavy atom. The molecule has 0 heterocycles. The molecule has 0 unspecified atom stereocenters. The van der Waals surface area contributed by atoms with Crippen molar-refractivity contribution < 1.29 is 9.94 Å². The number of ether oxygens (including phenoxy) is 1. The van der Waals surface area contributed by atoms with Gasteiger partial charge < -0.3 is 9.94 Å². The highest BCUT2D eigenvalue weighted by Crippen LogP contribution is 2.39. The Hall–Kier alpha value is -3.84. The van der Waals surface area contributed by atoms with E-state index in [1.807, 2.05) is 66.7 Å². The van der Waals surface area contributed by atoms with Gasteiger partial charge in [0.25, 0.3) is 0 Å². The maximum Gasteiger partial charge on any atom is 0.129 e. The summed E-state index contributed by atoms with van der Waals surface area (Å²) in [6.07, 6.45) is 1.85. The molecule has 0 fully saturated rings. The highest BCUT2D eigenvalue weighted by Gasteiger charge is 2.30. The summed E-state index contributed by atoms with van der Waals surface area (Å²) in [5, 5.41) is 22.7. The third kappa shape index (κ3) is 3.76. The third-order valence-electron chi connectivity index (χ3n) is 5.00. The van der Waals surface area contributed by atoms with Gasteiger partial charge in [-0.05, 0) is 47.7 Å². The van der Waals surface area contributed by atoms with E-state index < -0.39 is 0 Å². The van der Waals surface area contributed by atoms with Crippen molar-refractivity contribution in [2.24, 2.45) is 5.16 Å². The molecule has 1 aliphatic rings. The highest BCUT2D eigenvalue weighted by atomic mass is 16.5. The zero-order valence-corrected chi connectivity index (χ0v) is 15.9.